The molecule has 1 N–H and O–H groups in total. The van der Waals surface area contributed by atoms with Crippen molar-refractivity contribution in [3.05, 3.63) is 77.0 Å². The molecule has 2 rings (SSSR count). The standard InChI is InChI=1S/C20H31N.C6H9NS/c1-6-11-17-14-13-16(8-3)19(12-7-2)20(15-21-10-5)18(17)9-4;1-3-6-7-5(2)4-8-6/h6-8,10-12,16,19-21H,3,5,9,13-15H2,1-2,4H3;4H,3H2,1-2H3/b11-6-,12-7-;. The van der Waals surface area contributed by atoms with Crippen molar-refractivity contribution >= 4 is 11.3 Å². The van der Waals surface area contributed by atoms with Gasteiger partial charge in [-0.15, -0.1) is 17.9 Å². The molecule has 1 aliphatic carbocycles. The van der Waals surface area contributed by atoms with E-state index in [1.807, 2.05) is 13.1 Å². The van der Waals surface area contributed by atoms with Crippen molar-refractivity contribution in [1.29, 1.82) is 0 Å². The van der Waals surface area contributed by atoms with E-state index in [2.05, 4.69) is 86.9 Å². The van der Waals surface area contributed by atoms with E-state index in [1.54, 1.807) is 16.9 Å². The average molecular weight is 413 g/mol. The summed E-state index contributed by atoms with van der Waals surface area (Å²) in [7, 11) is 0. The lowest BCUT2D eigenvalue weighted by atomic mass is 9.77. The van der Waals surface area contributed by atoms with Gasteiger partial charge in [-0.25, -0.2) is 4.98 Å². The Morgan fingerprint density at radius 2 is 1.97 bits per heavy atom. The van der Waals surface area contributed by atoms with Gasteiger partial charge in [0.2, 0.25) is 0 Å². The molecule has 0 aromatic carbocycles. The van der Waals surface area contributed by atoms with Gasteiger partial charge < -0.3 is 5.32 Å². The van der Waals surface area contributed by atoms with Crippen LogP contribution in [0.15, 0.2) is 66.3 Å². The number of aryl methyl sites for hydroxylation is 2. The van der Waals surface area contributed by atoms with Crippen molar-refractivity contribution in [2.24, 2.45) is 17.8 Å². The summed E-state index contributed by atoms with van der Waals surface area (Å²) in [4.78, 5) is 4.25. The van der Waals surface area contributed by atoms with Crippen molar-refractivity contribution in [1.82, 2.24) is 10.3 Å². The van der Waals surface area contributed by atoms with Crippen molar-refractivity contribution in [2.75, 3.05) is 6.54 Å². The van der Waals surface area contributed by atoms with Crippen LogP contribution in [0, 0.1) is 24.7 Å². The molecule has 0 amide bonds. The maximum atomic E-state index is 4.25. The van der Waals surface area contributed by atoms with Gasteiger partial charge in [-0.1, -0.05) is 56.4 Å². The van der Waals surface area contributed by atoms with Gasteiger partial charge in [0, 0.05) is 23.5 Å². The maximum Gasteiger partial charge on any atom is 0.0925 e. The zero-order chi connectivity index (χ0) is 21.6. The molecule has 0 radical (unpaired) electrons. The summed E-state index contributed by atoms with van der Waals surface area (Å²) in [5.41, 5.74) is 4.26. The van der Waals surface area contributed by atoms with Gasteiger partial charge in [0.15, 0.2) is 0 Å². The molecule has 2 nitrogen and oxygen atoms in total. The molecule has 0 aliphatic heterocycles. The molecule has 1 aromatic rings. The van der Waals surface area contributed by atoms with Crippen LogP contribution in [0.1, 0.15) is 57.7 Å². The van der Waals surface area contributed by atoms with Crippen LogP contribution >= 0.6 is 11.3 Å². The van der Waals surface area contributed by atoms with E-state index in [1.165, 1.54) is 17.0 Å². The van der Waals surface area contributed by atoms with Crippen LogP contribution in [-0.2, 0) is 6.42 Å². The van der Waals surface area contributed by atoms with Gasteiger partial charge in [0.05, 0.1) is 5.01 Å². The smallest absolute Gasteiger partial charge is 0.0925 e. The summed E-state index contributed by atoms with van der Waals surface area (Å²) in [6.45, 7) is 19.5. The summed E-state index contributed by atoms with van der Waals surface area (Å²) in [5, 5.41) is 6.66. The fraction of sp³-hybridized carbons (Fsp3) is 0.500. The number of hydrogen-bond donors (Lipinski definition) is 1. The molecule has 1 aromatic heterocycles. The van der Waals surface area contributed by atoms with E-state index in [-0.39, 0.29) is 0 Å². The Labute approximate surface area is 183 Å². The Balaban J connectivity index is 0.000000436. The Morgan fingerprint density at radius 1 is 1.21 bits per heavy atom. The van der Waals surface area contributed by atoms with Gasteiger partial charge in [0.25, 0.3) is 0 Å². The van der Waals surface area contributed by atoms with Crippen LogP contribution in [-0.4, -0.2) is 11.5 Å². The number of nitrogens with zero attached hydrogens (tertiary/aromatic N) is 1. The molecule has 0 bridgehead atoms. The summed E-state index contributed by atoms with van der Waals surface area (Å²) >= 11 is 1.74. The molecule has 3 unspecified atom stereocenters. The molecule has 3 atom stereocenters. The molecular formula is C26H40N2S. The highest BCUT2D eigenvalue weighted by molar-refractivity contribution is 7.09. The fourth-order valence-electron chi connectivity index (χ4n) is 4.13. The SMILES string of the molecule is C=CNCC1C(CC)=C(/C=C\C)CCC(C=C)C1/C=C\C.CCc1nc(C)cs1. The average Bonchev–Trinajstić information content (AvgIpc) is 3.10. The van der Waals surface area contributed by atoms with E-state index < -0.39 is 0 Å². The van der Waals surface area contributed by atoms with Gasteiger partial charge in [-0.2, -0.15) is 0 Å². The van der Waals surface area contributed by atoms with E-state index in [9.17, 15) is 0 Å². The normalized spacial score (nSPS) is 22.3. The lowest BCUT2D eigenvalue weighted by Crippen LogP contribution is -2.29. The Morgan fingerprint density at radius 3 is 2.41 bits per heavy atom. The molecule has 0 fully saturated rings. The molecule has 3 heteroatoms. The van der Waals surface area contributed by atoms with E-state index in [0.717, 1.165) is 31.5 Å². The summed E-state index contributed by atoms with van der Waals surface area (Å²) in [6.07, 6.45) is 17.5. The molecule has 1 aliphatic rings. The third-order valence-electron chi connectivity index (χ3n) is 5.48. The van der Waals surface area contributed by atoms with Crippen molar-refractivity contribution in [2.45, 2.75) is 60.3 Å². The largest absolute Gasteiger partial charge is 0.391 e. The van der Waals surface area contributed by atoms with Crippen molar-refractivity contribution < 1.29 is 0 Å². The number of thiazole rings is 1. The highest BCUT2D eigenvalue weighted by Gasteiger charge is 2.31. The van der Waals surface area contributed by atoms with Crippen LogP contribution in [0.25, 0.3) is 0 Å². The van der Waals surface area contributed by atoms with Gasteiger partial charge in [0.1, 0.15) is 0 Å². The van der Waals surface area contributed by atoms with Crippen LogP contribution in [0.4, 0.5) is 0 Å². The monoisotopic (exact) mass is 412 g/mol. The Kier molecular flexibility index (Phi) is 12.3. The number of nitrogens with one attached hydrogen (secondary N) is 1. The van der Waals surface area contributed by atoms with Crippen LogP contribution in [0.5, 0.6) is 0 Å². The highest BCUT2D eigenvalue weighted by Crippen LogP contribution is 2.40. The van der Waals surface area contributed by atoms with E-state index in [0.29, 0.717) is 17.8 Å². The minimum atomic E-state index is 0.515. The number of rotatable bonds is 8. The third-order valence-corrected chi connectivity index (χ3v) is 6.59. The van der Waals surface area contributed by atoms with Gasteiger partial charge in [-0.3, -0.25) is 0 Å². The molecule has 0 saturated carbocycles. The first-order valence-corrected chi connectivity index (χ1v) is 11.8. The first-order valence-electron chi connectivity index (χ1n) is 10.9. The Bertz CT molecular complexity index is 708. The van der Waals surface area contributed by atoms with Gasteiger partial charge in [-0.05, 0) is 70.1 Å². The first-order chi connectivity index (χ1) is 14.1. The summed E-state index contributed by atoms with van der Waals surface area (Å²) in [5.74, 6) is 1.58. The highest BCUT2D eigenvalue weighted by atomic mass is 32.1. The quantitative estimate of drug-likeness (QED) is 0.449. The zero-order valence-corrected chi connectivity index (χ0v) is 19.9. The maximum absolute atomic E-state index is 4.25. The lowest BCUT2D eigenvalue weighted by molar-refractivity contribution is 0.348. The van der Waals surface area contributed by atoms with Gasteiger partial charge >= 0.3 is 0 Å². The predicted octanol–water partition coefficient (Wildman–Crippen LogP) is 7.42. The minimum absolute atomic E-state index is 0.515. The van der Waals surface area contributed by atoms with Crippen molar-refractivity contribution in [3.63, 3.8) is 0 Å². The van der Waals surface area contributed by atoms with Crippen LogP contribution < -0.4 is 5.32 Å². The predicted molar refractivity (Wildman–Crippen MR) is 131 cm³/mol. The Hall–Kier alpha value is -1.87. The lowest BCUT2D eigenvalue weighted by Gasteiger charge is -2.30. The van der Waals surface area contributed by atoms with E-state index >= 15 is 0 Å². The first kappa shape index (κ1) is 25.2. The summed E-state index contributed by atoms with van der Waals surface area (Å²) < 4.78 is 0. The van der Waals surface area contributed by atoms with E-state index in [4.69, 9.17) is 0 Å². The number of allylic oxidation sites excluding steroid dienone is 6. The molecule has 1 heterocycles. The molecule has 0 spiro atoms. The second kappa shape index (κ2) is 14.2. The molecule has 29 heavy (non-hydrogen) atoms. The minimum Gasteiger partial charge on any atom is -0.391 e. The zero-order valence-electron chi connectivity index (χ0n) is 19.1. The molecular weight excluding hydrogens is 372 g/mol. The number of aromatic nitrogens is 1. The van der Waals surface area contributed by atoms with Crippen LogP contribution in [0.2, 0.25) is 0 Å². The molecule has 0 saturated heterocycles. The number of hydrogen-bond acceptors (Lipinski definition) is 3. The third kappa shape index (κ3) is 7.81. The molecule has 160 valence electrons. The fourth-order valence-corrected chi connectivity index (χ4v) is 4.86. The van der Waals surface area contributed by atoms with Crippen LogP contribution in [0.3, 0.4) is 0 Å². The second-order valence-corrected chi connectivity index (χ2v) is 8.34. The topological polar surface area (TPSA) is 24.9 Å². The second-order valence-electron chi connectivity index (χ2n) is 7.40. The van der Waals surface area contributed by atoms with Crippen molar-refractivity contribution in [3.8, 4) is 0 Å². The summed E-state index contributed by atoms with van der Waals surface area (Å²) in [6, 6.07) is 0.